The fourth-order valence-electron chi connectivity index (χ4n) is 1.08. The third-order valence-corrected chi connectivity index (χ3v) is 3.14. The van der Waals surface area contributed by atoms with Crippen molar-refractivity contribution < 1.29 is 8.42 Å². The Kier molecular flexibility index (Phi) is 2.34. The molecule has 1 saturated heterocycles. The molecule has 1 aliphatic rings. The normalized spacial score (nSPS) is 26.6. The molecule has 0 aromatic heterocycles. The summed E-state index contributed by atoms with van der Waals surface area (Å²) in [5.41, 5.74) is 0. The minimum absolute atomic E-state index is 0.305. The van der Waals surface area contributed by atoms with Gasteiger partial charge in [-0.1, -0.05) is 19.9 Å². The number of sulfonamides is 1. The molecule has 0 aromatic rings. The summed E-state index contributed by atoms with van der Waals surface area (Å²) in [6.07, 6.45) is 2.44. The Balaban J connectivity index is 2.90. The van der Waals surface area contributed by atoms with E-state index in [1.807, 2.05) is 13.8 Å². The molecule has 1 heterocycles. The van der Waals surface area contributed by atoms with E-state index in [4.69, 9.17) is 0 Å². The molecule has 0 radical (unpaired) electrons. The van der Waals surface area contributed by atoms with Crippen LogP contribution in [0.3, 0.4) is 0 Å². The highest BCUT2D eigenvalue weighted by molar-refractivity contribution is 7.93. The van der Waals surface area contributed by atoms with Gasteiger partial charge in [0.05, 0.1) is 4.91 Å². The Morgan fingerprint density at radius 2 is 2.18 bits per heavy atom. The molecular formula is C7H13NO2S. The summed E-state index contributed by atoms with van der Waals surface area (Å²) in [5, 5.41) is 0. The lowest BCUT2D eigenvalue weighted by molar-refractivity contribution is 0.597. The van der Waals surface area contributed by atoms with E-state index >= 15 is 0 Å². The molecule has 4 heteroatoms. The van der Waals surface area contributed by atoms with Crippen LogP contribution >= 0.6 is 0 Å². The average molecular weight is 175 g/mol. The zero-order valence-corrected chi connectivity index (χ0v) is 7.61. The van der Waals surface area contributed by atoms with Gasteiger partial charge in [0.1, 0.15) is 0 Å². The number of hydrogen-bond donors (Lipinski definition) is 1. The maximum atomic E-state index is 11.1. The van der Waals surface area contributed by atoms with Crippen LogP contribution in [0.2, 0.25) is 0 Å². The van der Waals surface area contributed by atoms with Gasteiger partial charge < -0.3 is 0 Å². The molecule has 0 aliphatic carbocycles. The van der Waals surface area contributed by atoms with Crippen molar-refractivity contribution in [3.63, 3.8) is 0 Å². The highest BCUT2D eigenvalue weighted by atomic mass is 32.2. The van der Waals surface area contributed by atoms with Crippen LogP contribution in [-0.2, 0) is 10.0 Å². The Bertz CT molecular complexity index is 264. The standard InChI is InChI=1S/C7H13NO2S/c1-6(2)5-7-3-4-8-11(7,9)10/h5-6,8H,3-4H2,1-2H3/b7-5-. The van der Waals surface area contributed by atoms with Crippen LogP contribution < -0.4 is 4.72 Å². The van der Waals surface area contributed by atoms with Crippen LogP contribution in [0.1, 0.15) is 20.3 Å². The molecule has 0 spiro atoms. The minimum Gasteiger partial charge on any atom is -0.211 e. The number of allylic oxidation sites excluding steroid dienone is 1. The predicted molar refractivity (Wildman–Crippen MR) is 44.5 cm³/mol. The molecule has 0 bridgehead atoms. The first-order valence-corrected chi connectivity index (χ1v) is 5.21. The zero-order chi connectivity index (χ0) is 8.48. The number of hydrogen-bond acceptors (Lipinski definition) is 2. The molecule has 3 nitrogen and oxygen atoms in total. The molecule has 0 atom stereocenters. The van der Waals surface area contributed by atoms with Gasteiger partial charge in [-0.2, -0.15) is 0 Å². The van der Waals surface area contributed by atoms with Crippen molar-refractivity contribution >= 4 is 10.0 Å². The summed E-state index contributed by atoms with van der Waals surface area (Å²) in [6, 6.07) is 0. The quantitative estimate of drug-likeness (QED) is 0.642. The molecule has 0 amide bonds. The fourth-order valence-corrected chi connectivity index (χ4v) is 2.46. The molecular weight excluding hydrogens is 162 g/mol. The summed E-state index contributed by atoms with van der Waals surface area (Å²) in [7, 11) is -3.07. The summed E-state index contributed by atoms with van der Waals surface area (Å²) in [5.74, 6) is 0.305. The number of nitrogens with one attached hydrogen (secondary N) is 1. The molecule has 0 aromatic carbocycles. The van der Waals surface area contributed by atoms with Gasteiger partial charge in [-0.05, 0) is 12.3 Å². The fraction of sp³-hybridized carbons (Fsp3) is 0.714. The second-order valence-corrected chi connectivity index (χ2v) is 4.84. The lowest BCUT2D eigenvalue weighted by Gasteiger charge is -1.98. The van der Waals surface area contributed by atoms with Gasteiger partial charge in [0, 0.05) is 6.54 Å². The largest absolute Gasteiger partial charge is 0.236 e. The van der Waals surface area contributed by atoms with E-state index in [-0.39, 0.29) is 0 Å². The second-order valence-electron chi connectivity index (χ2n) is 3.02. The van der Waals surface area contributed by atoms with E-state index in [2.05, 4.69) is 4.72 Å². The topological polar surface area (TPSA) is 46.2 Å². The van der Waals surface area contributed by atoms with Crippen molar-refractivity contribution in [2.75, 3.05) is 6.54 Å². The smallest absolute Gasteiger partial charge is 0.211 e. The summed E-state index contributed by atoms with van der Waals surface area (Å²) >= 11 is 0. The highest BCUT2D eigenvalue weighted by Gasteiger charge is 2.23. The molecule has 1 rings (SSSR count). The molecule has 0 saturated carbocycles. The van der Waals surface area contributed by atoms with Gasteiger partial charge in [0.2, 0.25) is 10.0 Å². The van der Waals surface area contributed by atoms with E-state index in [9.17, 15) is 8.42 Å². The van der Waals surface area contributed by atoms with Crippen molar-refractivity contribution in [2.45, 2.75) is 20.3 Å². The predicted octanol–water partition coefficient (Wildman–Crippen LogP) is 0.849. The van der Waals surface area contributed by atoms with Crippen molar-refractivity contribution in [1.82, 2.24) is 4.72 Å². The van der Waals surface area contributed by atoms with E-state index in [0.29, 0.717) is 23.8 Å². The maximum absolute atomic E-state index is 11.1. The molecule has 1 N–H and O–H groups in total. The van der Waals surface area contributed by atoms with Crippen LogP contribution in [0.5, 0.6) is 0 Å². The van der Waals surface area contributed by atoms with Crippen LogP contribution in [0.4, 0.5) is 0 Å². The van der Waals surface area contributed by atoms with Gasteiger partial charge in [0.25, 0.3) is 0 Å². The first-order chi connectivity index (χ1) is 5.02. The third kappa shape index (κ3) is 2.04. The summed E-state index contributed by atoms with van der Waals surface area (Å²) in [4.78, 5) is 0.549. The van der Waals surface area contributed by atoms with Gasteiger partial charge in [-0.15, -0.1) is 0 Å². The summed E-state index contributed by atoms with van der Waals surface area (Å²) in [6.45, 7) is 4.50. The van der Waals surface area contributed by atoms with Crippen molar-refractivity contribution in [3.8, 4) is 0 Å². The molecule has 64 valence electrons. The van der Waals surface area contributed by atoms with Gasteiger partial charge in [-0.3, -0.25) is 0 Å². The first kappa shape index (κ1) is 8.74. The van der Waals surface area contributed by atoms with Crippen LogP contribution in [0.15, 0.2) is 11.0 Å². The Morgan fingerprint density at radius 3 is 2.55 bits per heavy atom. The van der Waals surface area contributed by atoms with Gasteiger partial charge >= 0.3 is 0 Å². The monoisotopic (exact) mass is 175 g/mol. The Morgan fingerprint density at radius 1 is 1.55 bits per heavy atom. The van der Waals surface area contributed by atoms with Crippen molar-refractivity contribution in [2.24, 2.45) is 5.92 Å². The lowest BCUT2D eigenvalue weighted by atomic mass is 10.2. The van der Waals surface area contributed by atoms with Crippen molar-refractivity contribution in [3.05, 3.63) is 11.0 Å². The molecule has 0 unspecified atom stereocenters. The van der Waals surface area contributed by atoms with Crippen molar-refractivity contribution in [1.29, 1.82) is 0 Å². The van der Waals surface area contributed by atoms with E-state index in [0.717, 1.165) is 0 Å². The highest BCUT2D eigenvalue weighted by Crippen LogP contribution is 2.17. The molecule has 11 heavy (non-hydrogen) atoms. The average Bonchev–Trinajstić information content (AvgIpc) is 2.10. The maximum Gasteiger partial charge on any atom is 0.236 e. The zero-order valence-electron chi connectivity index (χ0n) is 6.79. The van der Waals surface area contributed by atoms with Gasteiger partial charge in [0.15, 0.2) is 0 Å². The van der Waals surface area contributed by atoms with Crippen LogP contribution in [-0.4, -0.2) is 15.0 Å². The minimum atomic E-state index is -3.07. The van der Waals surface area contributed by atoms with Crippen LogP contribution in [0, 0.1) is 5.92 Å². The van der Waals surface area contributed by atoms with Gasteiger partial charge in [-0.25, -0.2) is 13.1 Å². The first-order valence-electron chi connectivity index (χ1n) is 3.73. The Hall–Kier alpha value is -0.350. The summed E-state index contributed by atoms with van der Waals surface area (Å²) < 4.78 is 24.7. The molecule has 1 aliphatic heterocycles. The number of rotatable bonds is 1. The van der Waals surface area contributed by atoms with E-state index in [1.54, 1.807) is 6.08 Å². The third-order valence-electron chi connectivity index (χ3n) is 1.53. The van der Waals surface area contributed by atoms with E-state index in [1.165, 1.54) is 0 Å². The SMILES string of the molecule is CC(C)/C=C1/CCNS1(=O)=O. The van der Waals surface area contributed by atoms with Crippen LogP contribution in [0.25, 0.3) is 0 Å². The molecule has 1 fully saturated rings. The lowest BCUT2D eigenvalue weighted by Crippen LogP contribution is -2.15. The van der Waals surface area contributed by atoms with E-state index < -0.39 is 10.0 Å². The Labute approximate surface area is 67.5 Å². The second kappa shape index (κ2) is 2.95.